The Labute approximate surface area is 372 Å². The van der Waals surface area contributed by atoms with Crippen LogP contribution in [-0.4, -0.2) is 73.2 Å². The molecular formula is C28H18CrCu2KN4O17. The molecule has 4 aromatic rings. The van der Waals surface area contributed by atoms with Crippen molar-refractivity contribution in [2.24, 2.45) is 0 Å². The molecule has 3 radical (unpaired) electrons. The molecule has 0 aliphatic rings. The van der Waals surface area contributed by atoms with Gasteiger partial charge >= 0.3 is 103 Å². The van der Waals surface area contributed by atoms with Crippen LogP contribution in [0.2, 0.25) is 0 Å². The van der Waals surface area contributed by atoms with Crippen molar-refractivity contribution >= 4 is 47.8 Å². The van der Waals surface area contributed by atoms with Gasteiger partial charge in [0.05, 0.1) is 70.5 Å². The first-order valence-corrected chi connectivity index (χ1v) is 11.8. The van der Waals surface area contributed by atoms with Crippen LogP contribution >= 0.6 is 0 Å². The van der Waals surface area contributed by atoms with Crippen molar-refractivity contribution in [2.75, 3.05) is 0 Å². The minimum atomic E-state index is -2.19. The quantitative estimate of drug-likeness (QED) is 0.133. The minimum absolute atomic E-state index is 0. The summed E-state index contributed by atoms with van der Waals surface area (Å²) in [6.45, 7) is 0. The Hall–Kier alpha value is -4.47. The van der Waals surface area contributed by atoms with Crippen LogP contribution in [0.3, 0.4) is 0 Å². The summed E-state index contributed by atoms with van der Waals surface area (Å²) < 4.78 is 0. The van der Waals surface area contributed by atoms with Gasteiger partial charge in [-0.15, -0.1) is 0 Å². The maximum absolute atomic E-state index is 8.93. The monoisotopic (exact) mass is 899 g/mol. The number of nitrogens with zero attached hydrogens (tertiary/aromatic N) is 4. The predicted octanol–water partition coefficient (Wildman–Crippen LogP) is -13.6. The number of carbonyl (C=O) groups excluding carboxylic acids is 8. The summed E-state index contributed by atoms with van der Waals surface area (Å²) in [6.07, 6.45) is 7.07. The smallest absolute Gasteiger partial charge is 0.543 e. The average Bonchev–Trinajstić information content (AvgIpc) is 3.07. The molecule has 0 fully saturated rings. The van der Waals surface area contributed by atoms with E-state index in [0.29, 0.717) is 0 Å². The maximum atomic E-state index is 8.93. The molecule has 0 amide bonds. The van der Waals surface area contributed by atoms with E-state index in [0.717, 1.165) is 22.8 Å². The van der Waals surface area contributed by atoms with E-state index in [1.54, 1.807) is 24.8 Å². The zero-order valence-electron chi connectivity index (χ0n) is 26.1. The number of aliphatic carboxylic acids is 8. The zero-order chi connectivity index (χ0) is 37.1. The Kier molecular flexibility index (Phi) is 46.5. The summed E-state index contributed by atoms with van der Waals surface area (Å²) >= 11 is 0. The SMILES string of the molecule is O.O=C([O-])C(=O)[O-].O=C([O-])C(=O)[O-].O=C([O-])C(=O)[O-].O=C([O-])C(=O)[O-].[Cr+3].[Cu+2].[Cu+2].[K+].c1ccc(-c2ccccn2)nc1.c1ccc(-c2ccccn2)nc1. The van der Waals surface area contributed by atoms with E-state index in [1.807, 2.05) is 72.8 Å². The number of hydrogen-bond acceptors (Lipinski definition) is 20. The van der Waals surface area contributed by atoms with Crippen molar-refractivity contribution in [3.05, 3.63) is 97.6 Å². The molecule has 21 nitrogen and oxygen atoms in total. The second-order valence-electron chi connectivity index (χ2n) is 7.16. The number of rotatable bonds is 2. The van der Waals surface area contributed by atoms with Crippen LogP contribution in [0.1, 0.15) is 0 Å². The molecule has 2 N–H and O–H groups in total. The summed E-state index contributed by atoms with van der Waals surface area (Å²) in [5.41, 5.74) is 3.66. The minimum Gasteiger partial charge on any atom is -0.543 e. The molecule has 4 rings (SSSR count). The third-order valence-corrected chi connectivity index (χ3v) is 3.85. The first kappa shape index (κ1) is 63.6. The van der Waals surface area contributed by atoms with Crippen LogP contribution in [0, 0.1) is 0 Å². The molecule has 4 heterocycles. The van der Waals surface area contributed by atoms with Crippen LogP contribution in [0.15, 0.2) is 97.6 Å². The van der Waals surface area contributed by atoms with Crippen molar-refractivity contribution < 1.29 is 188 Å². The number of carboxylic acid groups (broad SMARTS) is 8. The molecular weight excluding hydrogens is 883 g/mol. The van der Waals surface area contributed by atoms with Gasteiger partial charge in [0.15, 0.2) is 0 Å². The summed E-state index contributed by atoms with van der Waals surface area (Å²) in [5, 5.41) is 71.4. The van der Waals surface area contributed by atoms with E-state index in [4.69, 9.17) is 79.2 Å². The van der Waals surface area contributed by atoms with E-state index in [9.17, 15) is 0 Å². The standard InChI is InChI=1S/2C10H8N2.4C2H2O4.Cr.2Cu.K.H2O/c2*1-3-7-11-9(5-1)10-6-2-4-8-12-10;4*3-1(4)2(5)6;;;;;/h2*1-8H;4*(H,3,4)(H,5,6);;;;;1H2/q;;;;;;+3;2*+2;+1;/p-8. The van der Waals surface area contributed by atoms with E-state index >= 15 is 0 Å². The zero-order valence-corrected chi connectivity index (χ0v) is 32.4. The molecule has 0 aliphatic heterocycles. The fourth-order valence-corrected chi connectivity index (χ4v) is 2.06. The Bertz CT molecular complexity index is 1360. The van der Waals surface area contributed by atoms with Gasteiger partial charge in [-0.25, -0.2) is 0 Å². The second-order valence-corrected chi connectivity index (χ2v) is 7.16. The van der Waals surface area contributed by atoms with Crippen molar-refractivity contribution in [3.63, 3.8) is 0 Å². The van der Waals surface area contributed by atoms with Gasteiger partial charge in [0.2, 0.25) is 0 Å². The third kappa shape index (κ3) is 37.1. The average molecular weight is 901 g/mol. The third-order valence-electron chi connectivity index (χ3n) is 3.85. The number of carboxylic acids is 8. The van der Waals surface area contributed by atoms with Gasteiger partial charge in [0, 0.05) is 24.8 Å². The van der Waals surface area contributed by atoms with Crippen LogP contribution in [0.5, 0.6) is 0 Å². The van der Waals surface area contributed by atoms with Gasteiger partial charge in [-0.05, 0) is 48.5 Å². The molecule has 0 saturated heterocycles. The van der Waals surface area contributed by atoms with E-state index in [-0.39, 0.29) is 108 Å². The normalized spacial score (nSPS) is 7.70. The van der Waals surface area contributed by atoms with E-state index in [1.165, 1.54) is 0 Å². The predicted molar refractivity (Wildman–Crippen MR) is 139 cm³/mol. The molecule has 0 aromatic carbocycles. The van der Waals surface area contributed by atoms with Crippen molar-refractivity contribution in [1.82, 2.24) is 19.9 Å². The number of carbonyl (C=O) groups is 8. The Balaban J connectivity index is -0.0000000975. The Morgan fingerprint density at radius 3 is 0.547 bits per heavy atom. The van der Waals surface area contributed by atoms with Gasteiger partial charge in [0.1, 0.15) is 0 Å². The molecule has 0 atom stereocenters. The Morgan fingerprint density at radius 1 is 0.340 bits per heavy atom. The summed E-state index contributed by atoms with van der Waals surface area (Å²) in [5.74, 6) is -17.5. The molecule has 0 aliphatic carbocycles. The molecule has 0 spiro atoms. The molecule has 0 unspecified atom stereocenters. The Morgan fingerprint density at radius 2 is 0.472 bits per heavy atom. The van der Waals surface area contributed by atoms with Crippen molar-refractivity contribution in [1.29, 1.82) is 0 Å². The summed E-state index contributed by atoms with van der Waals surface area (Å²) in [6, 6.07) is 23.2. The van der Waals surface area contributed by atoms with Crippen molar-refractivity contribution in [3.8, 4) is 22.8 Å². The second kappa shape index (κ2) is 38.8. The van der Waals surface area contributed by atoms with Crippen LogP contribution < -0.4 is 92.2 Å². The van der Waals surface area contributed by atoms with E-state index in [2.05, 4.69) is 19.9 Å². The number of hydrogen-bond donors (Lipinski definition) is 0. The fraction of sp³-hybridized carbons (Fsp3) is 0. The van der Waals surface area contributed by atoms with Gasteiger partial charge in [0.25, 0.3) is 0 Å². The largest absolute Gasteiger partial charge is 3.00 e. The van der Waals surface area contributed by atoms with Crippen LogP contribution in [0.25, 0.3) is 22.8 Å². The summed E-state index contributed by atoms with van der Waals surface area (Å²) in [4.78, 5) is 88.2. The molecule has 0 saturated carbocycles. The van der Waals surface area contributed by atoms with Gasteiger partial charge in [-0.3, -0.25) is 19.9 Å². The topological polar surface area (TPSA) is 404 Å². The van der Waals surface area contributed by atoms with Gasteiger partial charge in [-0.2, -0.15) is 0 Å². The maximum Gasteiger partial charge on any atom is 3.00 e. The number of pyridine rings is 4. The summed E-state index contributed by atoms with van der Waals surface area (Å²) in [7, 11) is 0. The number of aromatic nitrogens is 4. The molecule has 53 heavy (non-hydrogen) atoms. The molecule has 281 valence electrons. The molecule has 0 bridgehead atoms. The van der Waals surface area contributed by atoms with E-state index < -0.39 is 47.8 Å². The van der Waals surface area contributed by atoms with Gasteiger partial charge < -0.3 is 84.7 Å². The van der Waals surface area contributed by atoms with Crippen LogP contribution in [-0.2, 0) is 89.9 Å². The fourth-order valence-electron chi connectivity index (χ4n) is 2.06. The molecule has 25 heteroatoms. The first-order valence-electron chi connectivity index (χ1n) is 11.8. The first-order chi connectivity index (χ1) is 22.5. The van der Waals surface area contributed by atoms with Crippen LogP contribution in [0.4, 0.5) is 0 Å². The van der Waals surface area contributed by atoms with Gasteiger partial charge in [-0.1, -0.05) is 24.3 Å². The van der Waals surface area contributed by atoms with Crippen molar-refractivity contribution in [2.45, 2.75) is 0 Å². The molecule has 4 aromatic heterocycles.